The molecule has 1 saturated heterocycles. The van der Waals surface area contributed by atoms with E-state index in [-0.39, 0.29) is 6.29 Å². The average molecular weight is 244 g/mol. The first-order valence-corrected chi connectivity index (χ1v) is 6.53. The maximum absolute atomic E-state index is 5.55. The van der Waals surface area contributed by atoms with Gasteiger partial charge >= 0.3 is 0 Å². The normalized spacial score (nSPS) is 17.1. The van der Waals surface area contributed by atoms with Crippen LogP contribution >= 0.6 is 0 Å². The molecule has 0 spiro atoms. The van der Waals surface area contributed by atoms with Gasteiger partial charge in [-0.05, 0) is 17.9 Å². The minimum absolute atomic E-state index is 0.0299. The lowest BCUT2D eigenvalue weighted by atomic mass is 10.2. The first-order valence-electron chi connectivity index (χ1n) is 6.53. The topological polar surface area (TPSA) is 22.3 Å². The standard InChI is InChI=1S/C15H18NO2/c1-2-5-14-12-16(8-6-13(14)4-1)9-7-15-17-10-3-11-18-15/h1-2,4-6,8,12,15H,3,7,9-11H2/q+1. The summed E-state index contributed by atoms with van der Waals surface area (Å²) in [5.74, 6) is 0. The molecule has 3 nitrogen and oxygen atoms in total. The molecule has 0 saturated carbocycles. The van der Waals surface area contributed by atoms with Gasteiger partial charge in [0.2, 0.25) is 0 Å². The lowest BCUT2D eigenvalue weighted by Gasteiger charge is -2.21. The van der Waals surface area contributed by atoms with Gasteiger partial charge in [-0.25, -0.2) is 4.57 Å². The summed E-state index contributed by atoms with van der Waals surface area (Å²) in [6, 6.07) is 10.6. The zero-order valence-corrected chi connectivity index (χ0v) is 10.4. The van der Waals surface area contributed by atoms with Crippen molar-refractivity contribution in [2.75, 3.05) is 13.2 Å². The lowest BCUT2D eigenvalue weighted by Crippen LogP contribution is -2.36. The number of aromatic nitrogens is 1. The highest BCUT2D eigenvalue weighted by atomic mass is 16.7. The molecule has 0 aliphatic carbocycles. The van der Waals surface area contributed by atoms with Crippen LogP contribution in [0.1, 0.15) is 12.8 Å². The predicted molar refractivity (Wildman–Crippen MR) is 69.1 cm³/mol. The molecule has 0 bridgehead atoms. The second-order valence-electron chi connectivity index (χ2n) is 4.62. The Labute approximate surface area is 107 Å². The van der Waals surface area contributed by atoms with Crippen LogP contribution in [0.5, 0.6) is 0 Å². The average Bonchev–Trinajstić information content (AvgIpc) is 2.46. The van der Waals surface area contributed by atoms with Crippen LogP contribution < -0.4 is 4.57 Å². The maximum atomic E-state index is 5.55. The van der Waals surface area contributed by atoms with Crippen LogP contribution in [0.2, 0.25) is 0 Å². The van der Waals surface area contributed by atoms with Crippen LogP contribution in [0.4, 0.5) is 0 Å². The Bertz CT molecular complexity index is 521. The highest BCUT2D eigenvalue weighted by molar-refractivity contribution is 5.80. The van der Waals surface area contributed by atoms with Gasteiger partial charge in [0.05, 0.1) is 19.6 Å². The van der Waals surface area contributed by atoms with Crippen LogP contribution in [0.15, 0.2) is 42.7 Å². The van der Waals surface area contributed by atoms with Crippen molar-refractivity contribution in [1.82, 2.24) is 0 Å². The number of ether oxygens (including phenoxy) is 2. The van der Waals surface area contributed by atoms with Gasteiger partial charge in [0.25, 0.3) is 0 Å². The monoisotopic (exact) mass is 244 g/mol. The summed E-state index contributed by atoms with van der Waals surface area (Å²) in [5.41, 5.74) is 0. The number of pyridine rings is 1. The molecular weight excluding hydrogens is 226 g/mol. The molecule has 0 N–H and O–H groups in total. The summed E-state index contributed by atoms with van der Waals surface area (Å²) in [6.07, 6.45) is 6.18. The van der Waals surface area contributed by atoms with Crippen LogP contribution in [0.25, 0.3) is 10.8 Å². The van der Waals surface area contributed by atoms with E-state index in [1.54, 1.807) is 0 Å². The van der Waals surface area contributed by atoms with E-state index in [0.29, 0.717) is 0 Å². The Hall–Kier alpha value is -1.45. The molecule has 18 heavy (non-hydrogen) atoms. The molecule has 3 heteroatoms. The van der Waals surface area contributed by atoms with Gasteiger partial charge in [-0.3, -0.25) is 0 Å². The van der Waals surface area contributed by atoms with Crippen molar-refractivity contribution in [2.45, 2.75) is 25.7 Å². The van der Waals surface area contributed by atoms with Gasteiger partial charge < -0.3 is 9.47 Å². The van der Waals surface area contributed by atoms with Gasteiger partial charge in [-0.2, -0.15) is 0 Å². The van der Waals surface area contributed by atoms with E-state index in [1.165, 1.54) is 10.8 Å². The van der Waals surface area contributed by atoms with Crippen molar-refractivity contribution in [2.24, 2.45) is 0 Å². The molecule has 1 fully saturated rings. The Kier molecular flexibility index (Phi) is 3.53. The van der Waals surface area contributed by atoms with Gasteiger partial charge in [-0.15, -0.1) is 0 Å². The van der Waals surface area contributed by atoms with E-state index in [4.69, 9.17) is 9.47 Å². The third-order valence-corrected chi connectivity index (χ3v) is 3.27. The van der Waals surface area contributed by atoms with Gasteiger partial charge in [-0.1, -0.05) is 18.2 Å². The van der Waals surface area contributed by atoms with E-state index < -0.39 is 0 Å². The quantitative estimate of drug-likeness (QED) is 0.773. The fourth-order valence-electron chi connectivity index (χ4n) is 2.27. The number of nitrogens with zero attached hydrogens (tertiary/aromatic N) is 1. The van der Waals surface area contributed by atoms with E-state index in [2.05, 4.69) is 47.3 Å². The Morgan fingerprint density at radius 1 is 1.06 bits per heavy atom. The van der Waals surface area contributed by atoms with E-state index in [9.17, 15) is 0 Å². The summed E-state index contributed by atoms with van der Waals surface area (Å²) in [5, 5.41) is 2.55. The van der Waals surface area contributed by atoms with Crippen molar-refractivity contribution >= 4 is 10.8 Å². The number of hydrogen-bond donors (Lipinski definition) is 0. The third kappa shape index (κ3) is 2.68. The van der Waals surface area contributed by atoms with Crippen LogP contribution in [-0.2, 0) is 16.0 Å². The molecule has 94 valence electrons. The van der Waals surface area contributed by atoms with E-state index in [0.717, 1.165) is 32.6 Å². The fourth-order valence-corrected chi connectivity index (χ4v) is 2.27. The van der Waals surface area contributed by atoms with Crippen molar-refractivity contribution in [3.8, 4) is 0 Å². The van der Waals surface area contributed by atoms with Crippen LogP contribution in [-0.4, -0.2) is 19.5 Å². The van der Waals surface area contributed by atoms with E-state index >= 15 is 0 Å². The number of aryl methyl sites for hydroxylation is 1. The highest BCUT2D eigenvalue weighted by Gasteiger charge is 2.16. The van der Waals surface area contributed by atoms with Gasteiger partial charge in [0.1, 0.15) is 0 Å². The molecule has 2 heterocycles. The van der Waals surface area contributed by atoms with Crippen LogP contribution in [0, 0.1) is 0 Å². The molecule has 0 atom stereocenters. The van der Waals surface area contributed by atoms with Crippen LogP contribution in [0.3, 0.4) is 0 Å². The van der Waals surface area contributed by atoms with Crippen molar-refractivity contribution in [3.63, 3.8) is 0 Å². The summed E-state index contributed by atoms with van der Waals surface area (Å²) < 4.78 is 13.3. The molecule has 1 aliphatic rings. The summed E-state index contributed by atoms with van der Waals surface area (Å²) >= 11 is 0. The zero-order valence-electron chi connectivity index (χ0n) is 10.4. The lowest BCUT2D eigenvalue weighted by molar-refractivity contribution is -0.697. The summed E-state index contributed by atoms with van der Waals surface area (Å²) in [7, 11) is 0. The van der Waals surface area contributed by atoms with Crippen molar-refractivity contribution in [3.05, 3.63) is 42.7 Å². The minimum Gasteiger partial charge on any atom is -0.352 e. The molecular formula is C15H18NO2+. The SMILES string of the molecule is c1ccc2c[n+](CCC3OCCCO3)ccc2c1. The number of benzene rings is 1. The molecule has 1 aromatic carbocycles. The Morgan fingerprint density at radius 2 is 1.83 bits per heavy atom. The van der Waals surface area contributed by atoms with E-state index in [1.807, 2.05) is 0 Å². The summed E-state index contributed by atoms with van der Waals surface area (Å²) in [4.78, 5) is 0. The van der Waals surface area contributed by atoms with Gasteiger partial charge in [0.15, 0.2) is 25.2 Å². The van der Waals surface area contributed by atoms with Crippen molar-refractivity contribution in [1.29, 1.82) is 0 Å². The second kappa shape index (κ2) is 5.46. The molecule has 2 aromatic rings. The minimum atomic E-state index is -0.0299. The maximum Gasteiger partial charge on any atom is 0.176 e. The molecule has 3 rings (SSSR count). The number of hydrogen-bond acceptors (Lipinski definition) is 2. The molecule has 1 aliphatic heterocycles. The largest absolute Gasteiger partial charge is 0.352 e. The molecule has 0 amide bonds. The second-order valence-corrected chi connectivity index (χ2v) is 4.62. The van der Waals surface area contributed by atoms with Gasteiger partial charge in [0, 0.05) is 11.5 Å². The zero-order chi connectivity index (χ0) is 12.2. The predicted octanol–water partition coefficient (Wildman–Crippen LogP) is 2.28. The highest BCUT2D eigenvalue weighted by Crippen LogP contribution is 2.11. The molecule has 0 radical (unpaired) electrons. The third-order valence-electron chi connectivity index (χ3n) is 3.27. The Morgan fingerprint density at radius 3 is 2.67 bits per heavy atom. The first kappa shape index (κ1) is 11.6. The molecule has 1 aromatic heterocycles. The Balaban J connectivity index is 1.66. The first-order chi connectivity index (χ1) is 8.92. The smallest absolute Gasteiger partial charge is 0.176 e. The summed E-state index contributed by atoms with van der Waals surface area (Å²) in [6.45, 7) is 2.58. The molecule has 0 unspecified atom stereocenters. The fraction of sp³-hybridized carbons (Fsp3) is 0.400. The van der Waals surface area contributed by atoms with Crippen molar-refractivity contribution < 1.29 is 14.0 Å². The number of fused-ring (bicyclic) bond motifs is 1. The number of rotatable bonds is 3.